The summed E-state index contributed by atoms with van der Waals surface area (Å²) in [5.74, 6) is 0.677. The van der Waals surface area contributed by atoms with Crippen LogP contribution in [0.1, 0.15) is 5.56 Å². The van der Waals surface area contributed by atoms with Gasteiger partial charge in [0.2, 0.25) is 0 Å². The molecule has 0 aliphatic heterocycles. The van der Waals surface area contributed by atoms with Crippen LogP contribution in [0.4, 0.5) is 10.1 Å². The van der Waals surface area contributed by atoms with Crippen molar-refractivity contribution in [2.75, 3.05) is 5.73 Å². The zero-order valence-electron chi connectivity index (χ0n) is 8.91. The lowest BCUT2D eigenvalue weighted by Gasteiger charge is -2.07. The third-order valence-corrected chi connectivity index (χ3v) is 2.12. The number of benzene rings is 2. The Hall–Kier alpha value is -2.03. The summed E-state index contributed by atoms with van der Waals surface area (Å²) in [5, 5.41) is 0. The molecule has 0 spiro atoms. The molecule has 0 unspecified atom stereocenters. The second-order valence-electron chi connectivity index (χ2n) is 3.64. The van der Waals surface area contributed by atoms with Crippen molar-refractivity contribution in [3.63, 3.8) is 0 Å². The van der Waals surface area contributed by atoms with Gasteiger partial charge in [0.1, 0.15) is 17.3 Å². The minimum atomic E-state index is -0.400. The van der Waals surface area contributed by atoms with Crippen molar-refractivity contribution < 1.29 is 9.13 Å². The second kappa shape index (κ2) is 4.23. The number of hydrogen-bond donors (Lipinski definition) is 1. The first-order valence-electron chi connectivity index (χ1n) is 4.94. The molecule has 0 aliphatic rings. The second-order valence-corrected chi connectivity index (χ2v) is 3.64. The fourth-order valence-corrected chi connectivity index (χ4v) is 1.46. The molecule has 2 rings (SSSR count). The Kier molecular flexibility index (Phi) is 2.77. The third-order valence-electron chi connectivity index (χ3n) is 2.12. The van der Waals surface area contributed by atoms with Crippen molar-refractivity contribution in [1.29, 1.82) is 0 Å². The Morgan fingerprint density at radius 2 is 1.88 bits per heavy atom. The van der Waals surface area contributed by atoms with E-state index in [0.29, 0.717) is 17.2 Å². The molecule has 82 valence electrons. The van der Waals surface area contributed by atoms with Gasteiger partial charge in [-0.2, -0.15) is 0 Å². The van der Waals surface area contributed by atoms with Gasteiger partial charge >= 0.3 is 0 Å². The van der Waals surface area contributed by atoms with Gasteiger partial charge in [-0.15, -0.1) is 0 Å². The van der Waals surface area contributed by atoms with Crippen LogP contribution in [0.5, 0.6) is 11.5 Å². The average Bonchev–Trinajstić information content (AvgIpc) is 2.15. The summed E-state index contributed by atoms with van der Waals surface area (Å²) in [6.07, 6.45) is 0. The topological polar surface area (TPSA) is 35.2 Å². The quantitative estimate of drug-likeness (QED) is 0.781. The van der Waals surface area contributed by atoms with Gasteiger partial charge in [0.25, 0.3) is 0 Å². The summed E-state index contributed by atoms with van der Waals surface area (Å²) in [6, 6.07) is 11.7. The highest BCUT2D eigenvalue weighted by molar-refractivity contribution is 5.46. The lowest BCUT2D eigenvalue weighted by Crippen LogP contribution is -1.90. The van der Waals surface area contributed by atoms with Crippen molar-refractivity contribution in [3.05, 3.63) is 53.8 Å². The largest absolute Gasteiger partial charge is 0.457 e. The molecule has 0 aromatic heterocycles. The Bertz CT molecular complexity index is 491. The summed E-state index contributed by atoms with van der Waals surface area (Å²) in [6.45, 7) is 1.97. The van der Waals surface area contributed by atoms with Crippen molar-refractivity contribution >= 4 is 5.69 Å². The minimum absolute atomic E-state index is 0.350. The monoisotopic (exact) mass is 217 g/mol. The van der Waals surface area contributed by atoms with Gasteiger partial charge in [-0.05, 0) is 30.7 Å². The Balaban J connectivity index is 2.27. The first-order chi connectivity index (χ1) is 7.63. The van der Waals surface area contributed by atoms with Crippen molar-refractivity contribution in [3.8, 4) is 11.5 Å². The van der Waals surface area contributed by atoms with Crippen LogP contribution in [0.3, 0.4) is 0 Å². The van der Waals surface area contributed by atoms with Crippen molar-refractivity contribution in [2.24, 2.45) is 0 Å². The Labute approximate surface area is 93.5 Å². The van der Waals surface area contributed by atoms with Gasteiger partial charge in [0, 0.05) is 17.8 Å². The summed E-state index contributed by atoms with van der Waals surface area (Å²) in [5.41, 5.74) is 6.96. The summed E-state index contributed by atoms with van der Waals surface area (Å²) >= 11 is 0. The standard InChI is InChI=1S/C13H12FNO/c1-9-3-2-4-12(5-9)16-13-7-10(14)6-11(15)8-13/h2-8H,15H2,1H3. The number of hydrogen-bond acceptors (Lipinski definition) is 2. The molecule has 0 fully saturated rings. The predicted octanol–water partition coefficient (Wildman–Crippen LogP) is 3.51. The van der Waals surface area contributed by atoms with Crippen molar-refractivity contribution in [1.82, 2.24) is 0 Å². The molecular weight excluding hydrogens is 205 g/mol. The molecule has 0 saturated carbocycles. The van der Waals surface area contributed by atoms with Gasteiger partial charge < -0.3 is 10.5 Å². The molecule has 0 saturated heterocycles. The fraction of sp³-hybridized carbons (Fsp3) is 0.0769. The molecule has 16 heavy (non-hydrogen) atoms. The molecule has 0 bridgehead atoms. The van der Waals surface area contributed by atoms with E-state index in [2.05, 4.69) is 0 Å². The lowest BCUT2D eigenvalue weighted by molar-refractivity contribution is 0.477. The molecule has 2 nitrogen and oxygen atoms in total. The molecule has 2 aromatic rings. The van der Waals surface area contributed by atoms with E-state index in [0.717, 1.165) is 5.56 Å². The van der Waals surface area contributed by atoms with Crippen LogP contribution in [-0.2, 0) is 0 Å². The van der Waals surface area contributed by atoms with E-state index in [4.69, 9.17) is 10.5 Å². The van der Waals surface area contributed by atoms with Crippen LogP contribution in [0, 0.1) is 12.7 Å². The molecule has 0 heterocycles. The molecule has 0 aliphatic carbocycles. The Morgan fingerprint density at radius 3 is 2.56 bits per heavy atom. The zero-order chi connectivity index (χ0) is 11.5. The fourth-order valence-electron chi connectivity index (χ4n) is 1.46. The minimum Gasteiger partial charge on any atom is -0.457 e. The highest BCUT2D eigenvalue weighted by atomic mass is 19.1. The molecule has 3 heteroatoms. The van der Waals surface area contributed by atoms with Gasteiger partial charge in [-0.25, -0.2) is 4.39 Å². The highest BCUT2D eigenvalue weighted by Gasteiger charge is 2.01. The van der Waals surface area contributed by atoms with E-state index in [1.54, 1.807) is 6.07 Å². The van der Waals surface area contributed by atoms with E-state index < -0.39 is 5.82 Å². The number of aryl methyl sites for hydroxylation is 1. The van der Waals surface area contributed by atoms with E-state index >= 15 is 0 Å². The van der Waals surface area contributed by atoms with Crippen LogP contribution in [0.25, 0.3) is 0 Å². The average molecular weight is 217 g/mol. The van der Waals surface area contributed by atoms with E-state index in [-0.39, 0.29) is 0 Å². The third kappa shape index (κ3) is 2.51. The summed E-state index contributed by atoms with van der Waals surface area (Å²) in [4.78, 5) is 0. The van der Waals surface area contributed by atoms with Crippen LogP contribution < -0.4 is 10.5 Å². The Morgan fingerprint density at radius 1 is 1.06 bits per heavy atom. The maximum absolute atomic E-state index is 13.1. The first kappa shape index (κ1) is 10.5. The molecular formula is C13H12FNO. The number of nitrogens with two attached hydrogens (primary N) is 1. The molecule has 0 amide bonds. The van der Waals surface area contributed by atoms with E-state index in [1.165, 1.54) is 12.1 Å². The van der Waals surface area contributed by atoms with Crippen LogP contribution in [0.15, 0.2) is 42.5 Å². The van der Waals surface area contributed by atoms with Crippen LogP contribution >= 0.6 is 0 Å². The van der Waals surface area contributed by atoms with Gasteiger partial charge in [0.05, 0.1) is 0 Å². The number of rotatable bonds is 2. The number of halogens is 1. The van der Waals surface area contributed by atoms with Gasteiger partial charge in [-0.3, -0.25) is 0 Å². The number of anilines is 1. The SMILES string of the molecule is Cc1cccc(Oc2cc(N)cc(F)c2)c1. The normalized spacial score (nSPS) is 10.1. The summed E-state index contributed by atoms with van der Waals surface area (Å²) < 4.78 is 18.6. The first-order valence-corrected chi connectivity index (χ1v) is 4.94. The van der Waals surface area contributed by atoms with Gasteiger partial charge in [0.15, 0.2) is 0 Å². The predicted molar refractivity (Wildman–Crippen MR) is 62.1 cm³/mol. The van der Waals surface area contributed by atoms with Crippen LogP contribution in [0.2, 0.25) is 0 Å². The summed E-state index contributed by atoms with van der Waals surface area (Å²) in [7, 11) is 0. The molecule has 0 radical (unpaired) electrons. The van der Waals surface area contributed by atoms with Gasteiger partial charge in [-0.1, -0.05) is 12.1 Å². The molecule has 2 N–H and O–H groups in total. The van der Waals surface area contributed by atoms with E-state index in [9.17, 15) is 4.39 Å². The number of nitrogen functional groups attached to an aromatic ring is 1. The highest BCUT2D eigenvalue weighted by Crippen LogP contribution is 2.24. The van der Waals surface area contributed by atoms with Crippen molar-refractivity contribution in [2.45, 2.75) is 6.92 Å². The molecule has 2 aromatic carbocycles. The lowest BCUT2D eigenvalue weighted by atomic mass is 10.2. The smallest absolute Gasteiger partial charge is 0.132 e. The maximum Gasteiger partial charge on any atom is 0.132 e. The zero-order valence-corrected chi connectivity index (χ0v) is 8.91. The number of ether oxygens (including phenoxy) is 1. The molecule has 0 atom stereocenters. The maximum atomic E-state index is 13.1. The van der Waals surface area contributed by atoms with E-state index in [1.807, 2.05) is 31.2 Å². The van der Waals surface area contributed by atoms with Crippen LogP contribution in [-0.4, -0.2) is 0 Å².